The second kappa shape index (κ2) is 5.91. The van der Waals surface area contributed by atoms with Crippen molar-refractivity contribution in [3.05, 3.63) is 0 Å². The molecule has 2 fully saturated rings. The van der Waals surface area contributed by atoms with E-state index in [-0.39, 0.29) is 18.2 Å². The van der Waals surface area contributed by atoms with Gasteiger partial charge in [-0.1, -0.05) is 6.92 Å². The Morgan fingerprint density at radius 1 is 1.33 bits per heavy atom. The van der Waals surface area contributed by atoms with Crippen molar-refractivity contribution in [2.75, 3.05) is 19.6 Å². The molecule has 0 saturated carbocycles. The van der Waals surface area contributed by atoms with E-state index < -0.39 is 0 Å². The summed E-state index contributed by atoms with van der Waals surface area (Å²) in [6.07, 6.45) is 4.88. The Balaban J connectivity index is 1.94. The van der Waals surface area contributed by atoms with Gasteiger partial charge < -0.3 is 14.9 Å². The van der Waals surface area contributed by atoms with Crippen molar-refractivity contribution < 1.29 is 9.90 Å². The molecule has 0 radical (unpaired) electrons. The van der Waals surface area contributed by atoms with Crippen molar-refractivity contribution in [1.82, 2.24) is 9.80 Å². The minimum atomic E-state index is -0.316. The van der Waals surface area contributed by atoms with E-state index in [1.54, 1.807) is 0 Å². The van der Waals surface area contributed by atoms with E-state index in [1.165, 1.54) is 6.42 Å². The van der Waals surface area contributed by atoms with E-state index in [9.17, 15) is 9.90 Å². The van der Waals surface area contributed by atoms with Crippen molar-refractivity contribution in [2.24, 2.45) is 5.92 Å². The topological polar surface area (TPSA) is 43.8 Å². The van der Waals surface area contributed by atoms with E-state index in [0.717, 1.165) is 45.3 Å². The molecule has 4 nitrogen and oxygen atoms in total. The van der Waals surface area contributed by atoms with Gasteiger partial charge in [0.15, 0.2) is 0 Å². The minimum absolute atomic E-state index is 0.199. The van der Waals surface area contributed by atoms with Crippen molar-refractivity contribution in [3.63, 3.8) is 0 Å². The number of urea groups is 1. The van der Waals surface area contributed by atoms with Crippen LogP contribution in [0, 0.1) is 5.92 Å². The molecule has 1 N–H and O–H groups in total. The third-order valence-corrected chi connectivity index (χ3v) is 4.16. The summed E-state index contributed by atoms with van der Waals surface area (Å²) in [5, 5.41) is 9.51. The summed E-state index contributed by atoms with van der Waals surface area (Å²) < 4.78 is 0. The second-order valence-electron chi connectivity index (χ2n) is 6.05. The van der Waals surface area contributed by atoms with Crippen molar-refractivity contribution in [2.45, 2.75) is 58.1 Å². The third-order valence-electron chi connectivity index (χ3n) is 4.16. The Morgan fingerprint density at radius 2 is 2.06 bits per heavy atom. The summed E-state index contributed by atoms with van der Waals surface area (Å²) in [4.78, 5) is 16.5. The monoisotopic (exact) mass is 254 g/mol. The van der Waals surface area contributed by atoms with Gasteiger partial charge in [0.2, 0.25) is 0 Å². The number of hydrogen-bond acceptors (Lipinski definition) is 2. The van der Waals surface area contributed by atoms with Crippen LogP contribution < -0.4 is 0 Å². The first-order valence-electron chi connectivity index (χ1n) is 7.31. The van der Waals surface area contributed by atoms with Crippen molar-refractivity contribution in [1.29, 1.82) is 0 Å². The van der Waals surface area contributed by atoms with Gasteiger partial charge in [-0.2, -0.15) is 0 Å². The van der Waals surface area contributed by atoms with Gasteiger partial charge in [0.25, 0.3) is 0 Å². The summed E-state index contributed by atoms with van der Waals surface area (Å²) in [7, 11) is 0. The quantitative estimate of drug-likeness (QED) is 0.820. The lowest BCUT2D eigenvalue weighted by molar-refractivity contribution is 0.107. The Kier molecular flexibility index (Phi) is 4.49. The molecule has 2 aliphatic heterocycles. The highest BCUT2D eigenvalue weighted by molar-refractivity contribution is 5.75. The molecule has 2 aliphatic rings. The second-order valence-corrected chi connectivity index (χ2v) is 6.05. The molecule has 4 heteroatoms. The molecule has 2 heterocycles. The standard InChI is InChI=1S/C14H26N2O2/c1-11-5-3-7-15(10-11)14(18)16-8-4-6-13(16)9-12(2)17/h11-13,17H,3-10H2,1-2H3. The number of carbonyl (C=O) groups excluding carboxylic acids is 1. The van der Waals surface area contributed by atoms with Crippen molar-refractivity contribution >= 4 is 6.03 Å². The van der Waals surface area contributed by atoms with Crippen LogP contribution in [0.5, 0.6) is 0 Å². The first kappa shape index (κ1) is 13.7. The van der Waals surface area contributed by atoms with Gasteiger partial charge in [-0.25, -0.2) is 4.79 Å². The van der Waals surface area contributed by atoms with Gasteiger partial charge in [0.05, 0.1) is 6.10 Å². The summed E-state index contributed by atoms with van der Waals surface area (Å²) in [5.74, 6) is 0.625. The normalized spacial score (nSPS) is 30.6. The van der Waals surface area contributed by atoms with Gasteiger partial charge >= 0.3 is 6.03 Å². The summed E-state index contributed by atoms with van der Waals surface area (Å²) >= 11 is 0. The molecule has 18 heavy (non-hydrogen) atoms. The lowest BCUT2D eigenvalue weighted by atomic mass is 10.0. The largest absolute Gasteiger partial charge is 0.393 e. The molecule has 104 valence electrons. The molecule has 0 aromatic carbocycles. The molecule has 2 amide bonds. The number of rotatable bonds is 2. The maximum atomic E-state index is 12.5. The number of piperidine rings is 1. The van der Waals surface area contributed by atoms with E-state index in [2.05, 4.69) is 6.92 Å². The molecule has 0 spiro atoms. The number of hydrogen-bond donors (Lipinski definition) is 1. The molecule has 2 saturated heterocycles. The SMILES string of the molecule is CC(O)CC1CCCN1C(=O)N1CCCC(C)C1. The van der Waals surface area contributed by atoms with E-state index in [0.29, 0.717) is 5.92 Å². The van der Waals surface area contributed by atoms with Crippen molar-refractivity contribution in [3.8, 4) is 0 Å². The maximum Gasteiger partial charge on any atom is 0.320 e. The summed E-state index contributed by atoms with van der Waals surface area (Å²) in [6, 6.07) is 0.444. The summed E-state index contributed by atoms with van der Waals surface area (Å²) in [5.41, 5.74) is 0. The van der Waals surface area contributed by atoms with Gasteiger partial charge in [-0.05, 0) is 44.9 Å². The first-order valence-corrected chi connectivity index (χ1v) is 7.31. The zero-order valence-corrected chi connectivity index (χ0v) is 11.6. The predicted molar refractivity (Wildman–Crippen MR) is 71.4 cm³/mol. The Labute approximate surface area is 110 Å². The van der Waals surface area contributed by atoms with Gasteiger partial charge in [-0.15, -0.1) is 0 Å². The number of amides is 2. The number of carbonyl (C=O) groups is 1. The highest BCUT2D eigenvalue weighted by Gasteiger charge is 2.33. The predicted octanol–water partition coefficient (Wildman–Crippen LogP) is 2.07. The van der Waals surface area contributed by atoms with E-state index >= 15 is 0 Å². The van der Waals surface area contributed by atoms with Gasteiger partial charge in [0, 0.05) is 25.7 Å². The fourth-order valence-corrected chi connectivity index (χ4v) is 3.27. The van der Waals surface area contributed by atoms with Crippen LogP contribution in [0.3, 0.4) is 0 Å². The molecule has 0 bridgehead atoms. The number of aliphatic hydroxyl groups is 1. The van der Waals surface area contributed by atoms with E-state index in [4.69, 9.17) is 0 Å². The molecule has 0 aromatic heterocycles. The van der Waals surface area contributed by atoms with Gasteiger partial charge in [0.1, 0.15) is 0 Å². The molecule has 2 rings (SSSR count). The van der Waals surface area contributed by atoms with Crippen LogP contribution in [0.25, 0.3) is 0 Å². The number of nitrogens with zero attached hydrogens (tertiary/aromatic N) is 2. The average Bonchev–Trinajstić information content (AvgIpc) is 2.75. The highest BCUT2D eigenvalue weighted by Crippen LogP contribution is 2.25. The highest BCUT2D eigenvalue weighted by atomic mass is 16.3. The Bertz CT molecular complexity index is 294. The third kappa shape index (κ3) is 3.16. The van der Waals surface area contributed by atoms with Crippen LogP contribution in [-0.2, 0) is 0 Å². The van der Waals surface area contributed by atoms with Crippen LogP contribution in [0.15, 0.2) is 0 Å². The zero-order valence-electron chi connectivity index (χ0n) is 11.6. The lowest BCUT2D eigenvalue weighted by Crippen LogP contribution is -2.49. The van der Waals surface area contributed by atoms with Crippen LogP contribution in [-0.4, -0.2) is 52.7 Å². The molecular formula is C14H26N2O2. The van der Waals surface area contributed by atoms with Crippen LogP contribution in [0.1, 0.15) is 46.0 Å². The molecule has 3 atom stereocenters. The summed E-state index contributed by atoms with van der Waals surface area (Å²) in [6.45, 7) is 6.69. The zero-order chi connectivity index (χ0) is 13.1. The fraction of sp³-hybridized carbons (Fsp3) is 0.929. The molecular weight excluding hydrogens is 228 g/mol. The number of aliphatic hydroxyl groups excluding tert-OH is 1. The van der Waals surface area contributed by atoms with Crippen LogP contribution in [0.2, 0.25) is 0 Å². The average molecular weight is 254 g/mol. The Morgan fingerprint density at radius 3 is 2.72 bits per heavy atom. The molecule has 0 aromatic rings. The number of likely N-dealkylation sites (tertiary alicyclic amines) is 2. The lowest BCUT2D eigenvalue weighted by Gasteiger charge is -2.36. The maximum absolute atomic E-state index is 12.5. The Hall–Kier alpha value is -0.770. The first-order chi connectivity index (χ1) is 8.58. The molecule has 3 unspecified atom stereocenters. The fourth-order valence-electron chi connectivity index (χ4n) is 3.27. The van der Waals surface area contributed by atoms with Gasteiger partial charge in [-0.3, -0.25) is 0 Å². The minimum Gasteiger partial charge on any atom is -0.393 e. The smallest absolute Gasteiger partial charge is 0.320 e. The molecule has 0 aliphatic carbocycles. The van der Waals surface area contributed by atoms with E-state index in [1.807, 2.05) is 16.7 Å². The van der Waals surface area contributed by atoms with Crippen LogP contribution in [0.4, 0.5) is 4.79 Å². The van der Waals surface area contributed by atoms with Crippen LogP contribution >= 0.6 is 0 Å².